The van der Waals surface area contributed by atoms with Gasteiger partial charge in [0.25, 0.3) is 0 Å². The Balaban J connectivity index is 1.78. The number of carboxylic acid groups (broad SMARTS) is 1. The van der Waals surface area contributed by atoms with Crippen molar-refractivity contribution in [3.05, 3.63) is 11.3 Å². The molecule has 1 fully saturated rings. The van der Waals surface area contributed by atoms with Gasteiger partial charge in [-0.1, -0.05) is 13.8 Å². The minimum Gasteiger partial charge on any atom is -0.465 e. The Labute approximate surface area is 142 Å². The number of fused-ring (bicyclic) bond motifs is 1. The van der Waals surface area contributed by atoms with E-state index < -0.39 is 6.09 Å². The van der Waals surface area contributed by atoms with Gasteiger partial charge in [-0.25, -0.2) is 9.78 Å². The molecule has 2 heterocycles. The Bertz CT molecular complexity index is 619. The third kappa shape index (κ3) is 3.71. The van der Waals surface area contributed by atoms with Crippen molar-refractivity contribution in [1.82, 2.24) is 15.3 Å². The zero-order chi connectivity index (χ0) is 17.3. The van der Waals surface area contributed by atoms with Gasteiger partial charge >= 0.3 is 6.09 Å². The number of carbonyl (C=O) groups is 1. The molecule has 7 heteroatoms. The van der Waals surface area contributed by atoms with Gasteiger partial charge < -0.3 is 21.1 Å². The first-order chi connectivity index (χ1) is 11.4. The summed E-state index contributed by atoms with van der Waals surface area (Å²) in [6.07, 6.45) is 4.15. The molecule has 24 heavy (non-hydrogen) atoms. The molecule has 1 aliphatic carbocycles. The fraction of sp³-hybridized carbons (Fsp3) is 0.706. The van der Waals surface area contributed by atoms with Gasteiger partial charge in [0.15, 0.2) is 0 Å². The summed E-state index contributed by atoms with van der Waals surface area (Å²) in [6, 6.07) is -0.0494. The number of aromatic nitrogens is 2. The average Bonchev–Trinajstić information content (AvgIpc) is 2.92. The standard InChI is InChI=1S/C17H27N5O2/c1-10(2)7-11-3-4-13-14(8-11)20-16(18)21-15(13)22-6-5-12(9-22)19-17(23)24/h10-12,19H,3-9H2,1-2H3,(H,23,24)(H2,18,20,21). The van der Waals surface area contributed by atoms with Crippen molar-refractivity contribution in [2.24, 2.45) is 11.8 Å². The first-order valence-corrected chi connectivity index (χ1v) is 8.82. The van der Waals surface area contributed by atoms with Crippen LogP contribution in [0.15, 0.2) is 0 Å². The van der Waals surface area contributed by atoms with Crippen LogP contribution >= 0.6 is 0 Å². The fourth-order valence-corrected chi connectivity index (χ4v) is 4.06. The van der Waals surface area contributed by atoms with E-state index in [2.05, 4.69) is 34.0 Å². The second-order valence-corrected chi connectivity index (χ2v) is 7.45. The number of nitrogens with one attached hydrogen (secondary N) is 1. The molecule has 2 aliphatic rings. The van der Waals surface area contributed by atoms with Gasteiger partial charge in [0.05, 0.1) is 11.7 Å². The summed E-state index contributed by atoms with van der Waals surface area (Å²) in [5.74, 6) is 2.59. The lowest BCUT2D eigenvalue weighted by Gasteiger charge is -2.29. The number of hydrogen-bond acceptors (Lipinski definition) is 5. The minimum absolute atomic E-state index is 0.0494. The van der Waals surface area contributed by atoms with E-state index in [9.17, 15) is 4.79 Å². The molecule has 1 aromatic heterocycles. The SMILES string of the molecule is CC(C)CC1CCc2c(nc(N)nc2N2CCC(NC(=O)O)C2)C1. The van der Waals surface area contributed by atoms with E-state index in [-0.39, 0.29) is 6.04 Å². The molecule has 2 unspecified atom stereocenters. The monoisotopic (exact) mass is 333 g/mol. The van der Waals surface area contributed by atoms with E-state index in [4.69, 9.17) is 10.8 Å². The number of nitrogens with two attached hydrogens (primary N) is 1. The van der Waals surface area contributed by atoms with Crippen LogP contribution in [0.3, 0.4) is 0 Å². The Kier molecular flexibility index (Phi) is 4.78. The Morgan fingerprint density at radius 2 is 2.21 bits per heavy atom. The lowest BCUT2D eigenvalue weighted by atomic mass is 9.82. The third-order valence-electron chi connectivity index (χ3n) is 4.99. The summed E-state index contributed by atoms with van der Waals surface area (Å²) >= 11 is 0. The summed E-state index contributed by atoms with van der Waals surface area (Å²) < 4.78 is 0. The van der Waals surface area contributed by atoms with Crippen LogP contribution in [-0.2, 0) is 12.8 Å². The van der Waals surface area contributed by atoms with E-state index >= 15 is 0 Å². The maximum atomic E-state index is 10.8. The fourth-order valence-electron chi connectivity index (χ4n) is 4.06. The lowest BCUT2D eigenvalue weighted by Crippen LogP contribution is -2.36. The molecule has 0 bridgehead atoms. The van der Waals surface area contributed by atoms with Gasteiger partial charge in [-0.15, -0.1) is 0 Å². The summed E-state index contributed by atoms with van der Waals surface area (Å²) in [5.41, 5.74) is 8.25. The van der Waals surface area contributed by atoms with Gasteiger partial charge in [0.2, 0.25) is 5.95 Å². The largest absolute Gasteiger partial charge is 0.465 e. The summed E-state index contributed by atoms with van der Waals surface area (Å²) in [7, 11) is 0. The topological polar surface area (TPSA) is 104 Å². The number of amides is 1. The van der Waals surface area contributed by atoms with Crippen LogP contribution in [0.1, 0.15) is 44.4 Å². The third-order valence-corrected chi connectivity index (χ3v) is 4.99. The summed E-state index contributed by atoms with van der Waals surface area (Å²) in [6.45, 7) is 5.96. The van der Waals surface area contributed by atoms with Crippen LogP contribution in [0, 0.1) is 11.8 Å². The average molecular weight is 333 g/mol. The number of nitrogen functional groups attached to an aromatic ring is 1. The van der Waals surface area contributed by atoms with Crippen LogP contribution in [0.4, 0.5) is 16.6 Å². The predicted octanol–water partition coefficient (Wildman–Crippen LogP) is 2.06. The predicted molar refractivity (Wildman–Crippen MR) is 93.2 cm³/mol. The molecule has 1 saturated heterocycles. The Morgan fingerprint density at radius 3 is 2.92 bits per heavy atom. The second kappa shape index (κ2) is 6.83. The molecular formula is C17H27N5O2. The highest BCUT2D eigenvalue weighted by molar-refractivity contribution is 5.65. The zero-order valence-electron chi connectivity index (χ0n) is 14.5. The quantitative estimate of drug-likeness (QED) is 0.779. The van der Waals surface area contributed by atoms with Crippen molar-refractivity contribution < 1.29 is 9.90 Å². The van der Waals surface area contributed by atoms with E-state index in [1.165, 1.54) is 12.0 Å². The van der Waals surface area contributed by atoms with Gasteiger partial charge in [0, 0.05) is 18.7 Å². The van der Waals surface area contributed by atoms with Crippen LogP contribution in [-0.4, -0.2) is 40.3 Å². The molecule has 0 radical (unpaired) electrons. The highest BCUT2D eigenvalue weighted by Gasteiger charge is 2.30. The van der Waals surface area contributed by atoms with E-state index in [1.54, 1.807) is 0 Å². The maximum absolute atomic E-state index is 10.8. The number of nitrogens with zero attached hydrogens (tertiary/aromatic N) is 3. The van der Waals surface area contributed by atoms with Gasteiger partial charge in [-0.05, 0) is 43.9 Å². The molecule has 0 aromatic carbocycles. The Morgan fingerprint density at radius 1 is 1.42 bits per heavy atom. The molecular weight excluding hydrogens is 306 g/mol. The zero-order valence-corrected chi connectivity index (χ0v) is 14.5. The molecule has 0 spiro atoms. The first kappa shape index (κ1) is 16.8. The van der Waals surface area contributed by atoms with Crippen molar-refractivity contribution >= 4 is 17.9 Å². The smallest absolute Gasteiger partial charge is 0.404 e. The molecule has 1 aromatic rings. The second-order valence-electron chi connectivity index (χ2n) is 7.45. The van der Waals surface area contributed by atoms with Crippen molar-refractivity contribution in [1.29, 1.82) is 0 Å². The highest BCUT2D eigenvalue weighted by Crippen LogP contribution is 2.34. The van der Waals surface area contributed by atoms with Gasteiger partial charge in [-0.3, -0.25) is 0 Å². The Hall–Kier alpha value is -2.05. The molecule has 7 nitrogen and oxygen atoms in total. The van der Waals surface area contributed by atoms with Crippen LogP contribution in [0.5, 0.6) is 0 Å². The minimum atomic E-state index is -0.970. The molecule has 2 atom stereocenters. The van der Waals surface area contributed by atoms with Crippen LogP contribution in [0.2, 0.25) is 0 Å². The molecule has 132 valence electrons. The van der Waals surface area contributed by atoms with Gasteiger partial charge in [0.1, 0.15) is 5.82 Å². The van der Waals surface area contributed by atoms with E-state index in [0.29, 0.717) is 24.3 Å². The van der Waals surface area contributed by atoms with Crippen molar-refractivity contribution in [3.8, 4) is 0 Å². The number of rotatable bonds is 4. The lowest BCUT2D eigenvalue weighted by molar-refractivity contribution is 0.191. The summed E-state index contributed by atoms with van der Waals surface area (Å²) in [5, 5.41) is 11.5. The molecule has 4 N–H and O–H groups in total. The molecule has 1 amide bonds. The van der Waals surface area contributed by atoms with Crippen molar-refractivity contribution in [3.63, 3.8) is 0 Å². The van der Waals surface area contributed by atoms with Gasteiger partial charge in [-0.2, -0.15) is 4.98 Å². The highest BCUT2D eigenvalue weighted by atomic mass is 16.4. The summed E-state index contributed by atoms with van der Waals surface area (Å²) in [4.78, 5) is 22.0. The number of anilines is 2. The first-order valence-electron chi connectivity index (χ1n) is 8.82. The van der Waals surface area contributed by atoms with Crippen LogP contribution in [0.25, 0.3) is 0 Å². The van der Waals surface area contributed by atoms with Crippen LogP contribution < -0.4 is 16.0 Å². The molecule has 0 saturated carbocycles. The van der Waals surface area contributed by atoms with E-state index in [1.807, 2.05) is 0 Å². The maximum Gasteiger partial charge on any atom is 0.404 e. The molecule has 1 aliphatic heterocycles. The molecule has 3 rings (SSSR count). The van der Waals surface area contributed by atoms with E-state index in [0.717, 1.165) is 43.7 Å². The normalized spacial score (nSPS) is 23.4. The van der Waals surface area contributed by atoms with Crippen molar-refractivity contribution in [2.45, 2.75) is 52.0 Å². The van der Waals surface area contributed by atoms with Crippen molar-refractivity contribution in [2.75, 3.05) is 23.7 Å². The number of hydrogen-bond donors (Lipinski definition) is 3.